The molecule has 0 radical (unpaired) electrons. The summed E-state index contributed by atoms with van der Waals surface area (Å²) in [5.41, 5.74) is 3.84. The molecule has 0 bridgehead atoms. The van der Waals surface area contributed by atoms with E-state index in [4.69, 9.17) is 9.84 Å². The number of H-pyrrole nitrogens is 1. The Labute approximate surface area is 266 Å². The van der Waals surface area contributed by atoms with Crippen molar-refractivity contribution >= 4 is 22.8 Å². The van der Waals surface area contributed by atoms with Gasteiger partial charge in [0.2, 0.25) is 0 Å². The normalized spacial score (nSPS) is 17.2. The SMILES string of the molecule is CC[C@H]1CN(C(=O)Nc2ccc(CN3CCN(CCO)CC3)c(C(F)F)c2)Cc2cc(Oc3ccnc4[nH]c(C#N)cc34)ccc21. The molecule has 0 saturated carbocycles. The van der Waals surface area contributed by atoms with E-state index in [-0.39, 0.29) is 24.1 Å². The fourth-order valence-electron chi connectivity index (χ4n) is 6.37. The van der Waals surface area contributed by atoms with Crippen molar-refractivity contribution in [3.05, 3.63) is 82.7 Å². The van der Waals surface area contributed by atoms with Crippen molar-refractivity contribution in [3.63, 3.8) is 0 Å². The highest BCUT2D eigenvalue weighted by Crippen LogP contribution is 2.36. The molecule has 12 heteroatoms. The number of ether oxygens (including phenoxy) is 1. The van der Waals surface area contributed by atoms with Gasteiger partial charge in [0.05, 0.1) is 12.0 Å². The van der Waals surface area contributed by atoms with Gasteiger partial charge in [-0.15, -0.1) is 0 Å². The van der Waals surface area contributed by atoms with Gasteiger partial charge in [-0.25, -0.2) is 18.6 Å². The highest BCUT2D eigenvalue weighted by atomic mass is 19.3. The largest absolute Gasteiger partial charge is 0.457 e. The van der Waals surface area contributed by atoms with Gasteiger partial charge < -0.3 is 25.0 Å². The lowest BCUT2D eigenvalue weighted by Crippen LogP contribution is -2.46. The highest BCUT2D eigenvalue weighted by Gasteiger charge is 2.28. The number of nitrogens with zero attached hydrogens (tertiary/aromatic N) is 5. The maximum absolute atomic E-state index is 14.2. The number of amides is 2. The molecule has 0 unspecified atom stereocenters. The summed E-state index contributed by atoms with van der Waals surface area (Å²) in [6.07, 6.45) is -0.243. The average Bonchev–Trinajstić information content (AvgIpc) is 3.50. The third-order valence-electron chi connectivity index (χ3n) is 8.88. The molecular weight excluding hydrogens is 592 g/mol. The molecule has 2 aliphatic heterocycles. The Morgan fingerprint density at radius 2 is 1.96 bits per heavy atom. The number of nitrogens with one attached hydrogen (secondary N) is 2. The molecule has 2 amide bonds. The summed E-state index contributed by atoms with van der Waals surface area (Å²) in [7, 11) is 0. The van der Waals surface area contributed by atoms with E-state index in [1.54, 1.807) is 35.4 Å². The molecule has 0 spiro atoms. The number of carbonyl (C=O) groups excluding carboxylic acids is 1. The van der Waals surface area contributed by atoms with E-state index >= 15 is 0 Å². The number of alkyl halides is 2. The van der Waals surface area contributed by atoms with Gasteiger partial charge in [-0.3, -0.25) is 9.80 Å². The van der Waals surface area contributed by atoms with Crippen LogP contribution in [0.5, 0.6) is 11.5 Å². The summed E-state index contributed by atoms with van der Waals surface area (Å²) in [6, 6.07) is 15.8. The molecule has 1 fully saturated rings. The van der Waals surface area contributed by atoms with Gasteiger partial charge in [-0.05, 0) is 59.5 Å². The fraction of sp³-hybridized carbons (Fsp3) is 0.382. The number of benzene rings is 2. The topological polar surface area (TPSA) is 121 Å². The Hall–Kier alpha value is -4.57. The zero-order valence-electron chi connectivity index (χ0n) is 25.7. The molecule has 4 heterocycles. The van der Waals surface area contributed by atoms with Gasteiger partial charge in [-0.2, -0.15) is 5.26 Å². The molecule has 3 N–H and O–H groups in total. The van der Waals surface area contributed by atoms with E-state index in [9.17, 15) is 18.8 Å². The second kappa shape index (κ2) is 13.8. The number of aromatic amines is 1. The van der Waals surface area contributed by atoms with Crippen LogP contribution in [0.15, 0.2) is 54.7 Å². The number of piperazine rings is 1. The van der Waals surface area contributed by atoms with Crippen LogP contribution in [0.4, 0.5) is 19.3 Å². The second-order valence-corrected chi connectivity index (χ2v) is 11.8. The zero-order chi connectivity index (χ0) is 32.2. The molecule has 46 heavy (non-hydrogen) atoms. The number of nitriles is 1. The van der Waals surface area contributed by atoms with E-state index < -0.39 is 6.43 Å². The van der Waals surface area contributed by atoms with E-state index in [0.29, 0.717) is 65.7 Å². The van der Waals surface area contributed by atoms with Crippen LogP contribution >= 0.6 is 0 Å². The molecule has 10 nitrogen and oxygen atoms in total. The number of hydrogen-bond acceptors (Lipinski definition) is 7. The minimum atomic E-state index is -2.67. The Morgan fingerprint density at radius 3 is 2.70 bits per heavy atom. The Bertz CT molecular complexity index is 1750. The van der Waals surface area contributed by atoms with Crippen LogP contribution in [0.3, 0.4) is 0 Å². The number of hydrogen-bond donors (Lipinski definition) is 3. The third kappa shape index (κ3) is 6.82. The number of rotatable bonds is 9. The number of aliphatic hydroxyl groups is 1. The highest BCUT2D eigenvalue weighted by molar-refractivity contribution is 5.90. The molecule has 1 atom stereocenters. The average molecular weight is 630 g/mol. The summed E-state index contributed by atoms with van der Waals surface area (Å²) in [5.74, 6) is 1.26. The van der Waals surface area contributed by atoms with Gasteiger partial charge in [0, 0.05) is 75.7 Å². The Morgan fingerprint density at radius 1 is 1.15 bits per heavy atom. The van der Waals surface area contributed by atoms with Gasteiger partial charge in [0.1, 0.15) is 28.9 Å². The molecular formula is C34H37F2N7O3. The van der Waals surface area contributed by atoms with Crippen molar-refractivity contribution in [2.45, 2.75) is 38.8 Å². The lowest BCUT2D eigenvalue weighted by Gasteiger charge is -2.35. The van der Waals surface area contributed by atoms with Crippen molar-refractivity contribution in [3.8, 4) is 17.6 Å². The predicted octanol–water partition coefficient (Wildman–Crippen LogP) is 5.82. The van der Waals surface area contributed by atoms with E-state index in [2.05, 4.69) is 38.1 Å². The number of pyridine rings is 1. The van der Waals surface area contributed by atoms with E-state index in [1.807, 2.05) is 18.2 Å². The van der Waals surface area contributed by atoms with Gasteiger partial charge >= 0.3 is 6.03 Å². The van der Waals surface area contributed by atoms with Crippen LogP contribution in [0, 0.1) is 11.3 Å². The van der Waals surface area contributed by atoms with E-state index in [0.717, 1.165) is 43.7 Å². The predicted molar refractivity (Wildman–Crippen MR) is 170 cm³/mol. The number of fused-ring (bicyclic) bond motifs is 2. The first-order valence-corrected chi connectivity index (χ1v) is 15.6. The van der Waals surface area contributed by atoms with E-state index in [1.165, 1.54) is 6.07 Å². The van der Waals surface area contributed by atoms with Crippen molar-refractivity contribution < 1.29 is 23.4 Å². The van der Waals surface area contributed by atoms with Crippen molar-refractivity contribution in [1.29, 1.82) is 5.26 Å². The quantitative estimate of drug-likeness (QED) is 0.214. The van der Waals surface area contributed by atoms with Gasteiger partial charge in [0.25, 0.3) is 6.43 Å². The number of anilines is 1. The first kappa shape index (κ1) is 31.4. The van der Waals surface area contributed by atoms with Crippen molar-refractivity contribution in [2.24, 2.45) is 0 Å². The van der Waals surface area contributed by atoms with Crippen LogP contribution in [0.25, 0.3) is 11.0 Å². The first-order valence-electron chi connectivity index (χ1n) is 15.6. The number of urea groups is 1. The van der Waals surface area contributed by atoms with Gasteiger partial charge in [0.15, 0.2) is 0 Å². The summed E-state index contributed by atoms with van der Waals surface area (Å²) < 4.78 is 34.6. The van der Waals surface area contributed by atoms with Crippen LogP contribution in [-0.4, -0.2) is 81.7 Å². The van der Waals surface area contributed by atoms with Crippen LogP contribution in [0.2, 0.25) is 0 Å². The lowest BCUT2D eigenvalue weighted by molar-refractivity contribution is 0.106. The van der Waals surface area contributed by atoms with Gasteiger partial charge in [-0.1, -0.05) is 19.1 Å². The minimum absolute atomic E-state index is 0.0812. The summed E-state index contributed by atoms with van der Waals surface area (Å²) in [6.45, 7) is 7.10. The number of halogens is 2. The first-order chi connectivity index (χ1) is 22.3. The molecule has 4 aromatic rings. The van der Waals surface area contributed by atoms with Crippen LogP contribution < -0.4 is 10.1 Å². The maximum atomic E-state index is 14.2. The Kier molecular flexibility index (Phi) is 9.44. The number of β-amino-alcohol motifs (C(OH)–C–C–N with tert-alkyl or cyclic N) is 1. The molecule has 2 aliphatic rings. The molecule has 2 aromatic heterocycles. The molecule has 2 aromatic carbocycles. The zero-order valence-corrected chi connectivity index (χ0v) is 25.7. The maximum Gasteiger partial charge on any atom is 0.322 e. The molecule has 1 saturated heterocycles. The van der Waals surface area contributed by atoms with Crippen molar-refractivity contribution in [2.75, 3.05) is 51.2 Å². The summed E-state index contributed by atoms with van der Waals surface area (Å²) in [5, 5.41) is 22.0. The monoisotopic (exact) mass is 629 g/mol. The lowest BCUT2D eigenvalue weighted by atomic mass is 9.88. The summed E-state index contributed by atoms with van der Waals surface area (Å²) >= 11 is 0. The minimum Gasteiger partial charge on any atom is -0.457 e. The molecule has 6 rings (SSSR count). The summed E-state index contributed by atoms with van der Waals surface area (Å²) in [4.78, 5) is 26.7. The second-order valence-electron chi connectivity index (χ2n) is 11.8. The Balaban J connectivity index is 1.15. The standard InChI is InChI=1S/C34H37F2N7O3/c1-2-22-20-43(21-24-15-27(5-6-28(22)24)46-31-7-8-38-33-30(31)17-26(18-37)39-33)34(45)40-25-4-3-23(29(16-25)32(35)36)19-42-11-9-41(10-12-42)13-14-44/h3-8,15-17,22,32,44H,2,9-14,19-21H2,1H3,(H,38,39)(H,40,45)/t22-/m0/s1. The number of aliphatic hydroxyl groups excluding tert-OH is 1. The molecule has 240 valence electrons. The van der Waals surface area contributed by atoms with Crippen molar-refractivity contribution in [1.82, 2.24) is 24.7 Å². The van der Waals surface area contributed by atoms with Crippen LogP contribution in [-0.2, 0) is 13.1 Å². The fourth-order valence-corrected chi connectivity index (χ4v) is 6.37. The smallest absolute Gasteiger partial charge is 0.322 e. The molecule has 0 aliphatic carbocycles. The number of aromatic nitrogens is 2. The third-order valence-corrected chi connectivity index (χ3v) is 8.88. The number of carbonyl (C=O) groups is 1. The van der Waals surface area contributed by atoms with Crippen LogP contribution in [0.1, 0.15) is 53.6 Å².